The minimum atomic E-state index is 0.185. The molecule has 1 unspecified atom stereocenters. The molecule has 1 atom stereocenters. The van der Waals surface area contributed by atoms with Crippen LogP contribution < -0.4 is 14.8 Å². The van der Waals surface area contributed by atoms with Gasteiger partial charge in [-0.3, -0.25) is 4.79 Å². The van der Waals surface area contributed by atoms with Crippen molar-refractivity contribution in [3.8, 4) is 11.5 Å². The molecule has 2 heterocycles. The molecule has 1 aromatic carbocycles. The van der Waals surface area contributed by atoms with Crippen molar-refractivity contribution in [2.75, 3.05) is 26.8 Å². The van der Waals surface area contributed by atoms with E-state index >= 15 is 0 Å². The first-order valence-electron chi connectivity index (χ1n) is 7.58. The Kier molecular flexibility index (Phi) is 4.29. The summed E-state index contributed by atoms with van der Waals surface area (Å²) in [6.07, 6.45) is 2.86. The molecule has 1 N–H and O–H groups in total. The number of amides is 1. The van der Waals surface area contributed by atoms with Crippen LogP contribution in [0.3, 0.4) is 0 Å². The molecule has 1 saturated heterocycles. The van der Waals surface area contributed by atoms with Gasteiger partial charge in [-0.1, -0.05) is 6.07 Å². The van der Waals surface area contributed by atoms with E-state index < -0.39 is 0 Å². The topological polar surface area (TPSA) is 50.8 Å². The molecule has 1 amide bonds. The van der Waals surface area contributed by atoms with Crippen LogP contribution in [0.25, 0.3) is 0 Å². The van der Waals surface area contributed by atoms with Crippen molar-refractivity contribution < 1.29 is 14.3 Å². The van der Waals surface area contributed by atoms with Crippen molar-refractivity contribution in [1.82, 2.24) is 10.2 Å². The summed E-state index contributed by atoms with van der Waals surface area (Å²) in [4.78, 5) is 14.0. The third-order valence-corrected chi connectivity index (χ3v) is 4.04. The third-order valence-electron chi connectivity index (χ3n) is 4.04. The minimum absolute atomic E-state index is 0.185. The smallest absolute Gasteiger partial charge is 0.224 e. The van der Waals surface area contributed by atoms with Gasteiger partial charge < -0.3 is 19.7 Å². The Bertz CT molecular complexity index is 512. The number of hydrogen-bond acceptors (Lipinski definition) is 4. The fourth-order valence-corrected chi connectivity index (χ4v) is 2.85. The maximum Gasteiger partial charge on any atom is 0.224 e. The molecule has 3 rings (SSSR count). The normalized spacial score (nSPS) is 20.3. The Labute approximate surface area is 125 Å². The van der Waals surface area contributed by atoms with Gasteiger partial charge in [-0.05, 0) is 37.1 Å². The van der Waals surface area contributed by atoms with Crippen molar-refractivity contribution >= 4 is 5.91 Å². The van der Waals surface area contributed by atoms with Gasteiger partial charge in [0.25, 0.3) is 0 Å². The Hall–Kier alpha value is -1.75. The summed E-state index contributed by atoms with van der Waals surface area (Å²) in [6, 6.07) is 6.22. The van der Waals surface area contributed by atoms with Crippen LogP contribution in [0.5, 0.6) is 11.5 Å². The first-order chi connectivity index (χ1) is 10.2. The Balaban J connectivity index is 1.58. The predicted molar refractivity (Wildman–Crippen MR) is 79.5 cm³/mol. The van der Waals surface area contributed by atoms with Gasteiger partial charge in [0.05, 0.1) is 0 Å². The number of ether oxygens (including phenoxy) is 2. The zero-order chi connectivity index (χ0) is 14.7. The van der Waals surface area contributed by atoms with Crippen molar-refractivity contribution in [3.05, 3.63) is 23.8 Å². The average Bonchev–Trinajstić information content (AvgIpc) is 3.00. The summed E-state index contributed by atoms with van der Waals surface area (Å²) in [5.74, 6) is 1.75. The van der Waals surface area contributed by atoms with E-state index in [-0.39, 0.29) is 5.91 Å². The zero-order valence-electron chi connectivity index (χ0n) is 12.4. The molecular weight excluding hydrogens is 268 g/mol. The third kappa shape index (κ3) is 3.47. The van der Waals surface area contributed by atoms with Crippen LogP contribution in [0.4, 0.5) is 0 Å². The van der Waals surface area contributed by atoms with E-state index in [2.05, 4.69) is 5.32 Å². The van der Waals surface area contributed by atoms with E-state index in [1.54, 1.807) is 4.90 Å². The largest absolute Gasteiger partial charge is 0.486 e. The van der Waals surface area contributed by atoms with Gasteiger partial charge in [0.1, 0.15) is 13.2 Å². The summed E-state index contributed by atoms with van der Waals surface area (Å²) in [5, 5.41) is 3.36. The molecule has 0 spiro atoms. The second kappa shape index (κ2) is 6.35. The number of carbonyl (C=O) groups is 1. The minimum Gasteiger partial charge on any atom is -0.486 e. The quantitative estimate of drug-likeness (QED) is 0.914. The lowest BCUT2D eigenvalue weighted by Crippen LogP contribution is -2.33. The summed E-state index contributed by atoms with van der Waals surface area (Å²) >= 11 is 0. The van der Waals surface area contributed by atoms with Crippen molar-refractivity contribution in [1.29, 1.82) is 0 Å². The van der Waals surface area contributed by atoms with Gasteiger partial charge in [-0.25, -0.2) is 0 Å². The summed E-state index contributed by atoms with van der Waals surface area (Å²) in [5.41, 5.74) is 1.06. The van der Waals surface area contributed by atoms with E-state index in [0.29, 0.717) is 32.2 Å². The van der Waals surface area contributed by atoms with Crippen LogP contribution in [0.2, 0.25) is 0 Å². The van der Waals surface area contributed by atoms with E-state index in [1.165, 1.54) is 6.42 Å². The average molecular weight is 290 g/mol. The summed E-state index contributed by atoms with van der Waals surface area (Å²) in [7, 11) is 1.86. The molecule has 114 valence electrons. The second-order valence-electron chi connectivity index (χ2n) is 5.73. The molecular formula is C16H22N2O3. The SMILES string of the molecule is CN(Cc1ccc2c(c1)OCCO2)C(=O)CC1CCCN1. The lowest BCUT2D eigenvalue weighted by atomic mass is 10.1. The van der Waals surface area contributed by atoms with Gasteiger partial charge >= 0.3 is 0 Å². The van der Waals surface area contributed by atoms with Crippen LogP contribution in [-0.4, -0.2) is 43.7 Å². The van der Waals surface area contributed by atoms with E-state index in [1.807, 2.05) is 25.2 Å². The van der Waals surface area contributed by atoms with Crippen LogP contribution in [0.15, 0.2) is 18.2 Å². The molecule has 0 bridgehead atoms. The fraction of sp³-hybridized carbons (Fsp3) is 0.562. The van der Waals surface area contributed by atoms with Crippen LogP contribution in [-0.2, 0) is 11.3 Å². The fourth-order valence-electron chi connectivity index (χ4n) is 2.85. The number of hydrogen-bond donors (Lipinski definition) is 1. The number of fused-ring (bicyclic) bond motifs is 1. The summed E-state index contributed by atoms with van der Waals surface area (Å²) < 4.78 is 11.1. The number of carbonyl (C=O) groups excluding carboxylic acids is 1. The van der Waals surface area contributed by atoms with Crippen molar-refractivity contribution in [3.63, 3.8) is 0 Å². The van der Waals surface area contributed by atoms with E-state index in [9.17, 15) is 4.79 Å². The molecule has 0 aromatic heterocycles. The Morgan fingerprint density at radius 2 is 2.14 bits per heavy atom. The molecule has 5 nitrogen and oxygen atoms in total. The Morgan fingerprint density at radius 1 is 1.33 bits per heavy atom. The maximum atomic E-state index is 12.2. The Morgan fingerprint density at radius 3 is 2.90 bits per heavy atom. The van der Waals surface area contributed by atoms with E-state index in [4.69, 9.17) is 9.47 Å². The highest BCUT2D eigenvalue weighted by atomic mass is 16.6. The first-order valence-corrected chi connectivity index (χ1v) is 7.58. The van der Waals surface area contributed by atoms with E-state index in [0.717, 1.165) is 30.0 Å². The van der Waals surface area contributed by atoms with Crippen LogP contribution in [0, 0.1) is 0 Å². The highest BCUT2D eigenvalue weighted by molar-refractivity contribution is 5.76. The molecule has 0 saturated carbocycles. The van der Waals surface area contributed by atoms with Crippen LogP contribution in [0.1, 0.15) is 24.8 Å². The van der Waals surface area contributed by atoms with Crippen molar-refractivity contribution in [2.24, 2.45) is 0 Å². The highest BCUT2D eigenvalue weighted by Gasteiger charge is 2.20. The zero-order valence-corrected chi connectivity index (χ0v) is 12.4. The second-order valence-corrected chi connectivity index (χ2v) is 5.73. The number of rotatable bonds is 4. The lowest BCUT2D eigenvalue weighted by molar-refractivity contribution is -0.130. The number of nitrogens with zero attached hydrogens (tertiary/aromatic N) is 1. The van der Waals surface area contributed by atoms with Gasteiger partial charge in [-0.15, -0.1) is 0 Å². The van der Waals surface area contributed by atoms with Gasteiger partial charge in [0, 0.05) is 26.1 Å². The molecule has 0 radical (unpaired) electrons. The van der Waals surface area contributed by atoms with Crippen molar-refractivity contribution in [2.45, 2.75) is 31.8 Å². The number of benzene rings is 1. The first kappa shape index (κ1) is 14.2. The number of nitrogens with one attached hydrogen (secondary N) is 1. The molecule has 5 heteroatoms. The predicted octanol–water partition coefficient (Wildman–Crippen LogP) is 1.56. The molecule has 1 fully saturated rings. The molecule has 1 aromatic rings. The molecule has 2 aliphatic heterocycles. The van der Waals surface area contributed by atoms with Gasteiger partial charge in [-0.2, -0.15) is 0 Å². The lowest BCUT2D eigenvalue weighted by Gasteiger charge is -2.22. The van der Waals surface area contributed by atoms with Crippen LogP contribution >= 0.6 is 0 Å². The van der Waals surface area contributed by atoms with Gasteiger partial charge in [0.15, 0.2) is 11.5 Å². The standard InChI is InChI=1S/C16H22N2O3/c1-18(16(19)10-13-3-2-6-17-13)11-12-4-5-14-15(9-12)21-8-7-20-14/h4-5,9,13,17H,2-3,6-8,10-11H2,1H3. The molecule has 2 aliphatic rings. The molecule has 21 heavy (non-hydrogen) atoms. The monoisotopic (exact) mass is 290 g/mol. The molecule has 0 aliphatic carbocycles. The highest BCUT2D eigenvalue weighted by Crippen LogP contribution is 2.31. The van der Waals surface area contributed by atoms with Gasteiger partial charge in [0.2, 0.25) is 5.91 Å². The maximum absolute atomic E-state index is 12.2. The summed E-state index contributed by atoms with van der Waals surface area (Å²) in [6.45, 7) is 2.81.